The van der Waals surface area contributed by atoms with Crippen LogP contribution in [0.15, 0.2) is 89.7 Å². The summed E-state index contributed by atoms with van der Waals surface area (Å²) in [4.78, 5) is 2.17. The van der Waals surface area contributed by atoms with Crippen LogP contribution in [0.1, 0.15) is 59.6 Å². The Balaban J connectivity index is 2.07. The van der Waals surface area contributed by atoms with Crippen molar-refractivity contribution < 1.29 is 13.6 Å². The van der Waals surface area contributed by atoms with E-state index in [2.05, 4.69) is 77.6 Å². The fourth-order valence-corrected chi connectivity index (χ4v) is 5.46. The summed E-state index contributed by atoms with van der Waals surface area (Å²) in [6, 6.07) is 26.9. The van der Waals surface area contributed by atoms with Crippen molar-refractivity contribution in [2.75, 3.05) is 0 Å². The topological polar surface area (TPSA) is 51.1 Å². The Labute approximate surface area is 216 Å². The van der Waals surface area contributed by atoms with Gasteiger partial charge in [0, 0.05) is 18.5 Å². The summed E-state index contributed by atoms with van der Waals surface area (Å²) in [6.45, 7) is 15.0. The smallest absolute Gasteiger partial charge is 0.399 e. The number of benzene rings is 3. The molecule has 0 aromatic heterocycles. The average Bonchev–Trinajstić information content (AvgIpc) is 2.79. The van der Waals surface area contributed by atoms with Crippen molar-refractivity contribution in [2.24, 2.45) is 4.76 Å². The van der Waals surface area contributed by atoms with E-state index in [1.54, 1.807) is 24.3 Å². The molecule has 36 heavy (non-hydrogen) atoms. The Kier molecular flexibility index (Phi) is 9.03. The van der Waals surface area contributed by atoms with Gasteiger partial charge in [-0.25, -0.2) is 4.57 Å². The van der Waals surface area contributed by atoms with Gasteiger partial charge < -0.3 is 13.9 Å². The lowest BCUT2D eigenvalue weighted by Gasteiger charge is -2.34. The average molecular weight is 507 g/mol. The molecule has 0 amide bonds. The molecule has 0 saturated carbocycles. The van der Waals surface area contributed by atoms with Crippen molar-refractivity contribution in [3.8, 4) is 11.5 Å². The van der Waals surface area contributed by atoms with Gasteiger partial charge in [-0.15, -0.1) is 4.76 Å². The van der Waals surface area contributed by atoms with Gasteiger partial charge in [-0.2, -0.15) is 0 Å². The predicted molar refractivity (Wildman–Crippen MR) is 150 cm³/mol. The van der Waals surface area contributed by atoms with Crippen molar-refractivity contribution in [1.29, 1.82) is 0 Å². The van der Waals surface area contributed by atoms with E-state index < -0.39 is 7.75 Å². The van der Waals surface area contributed by atoms with E-state index in [9.17, 15) is 4.57 Å². The largest absolute Gasteiger partial charge is 0.564 e. The molecule has 0 spiro atoms. The molecule has 3 rings (SSSR count). The van der Waals surface area contributed by atoms with Crippen molar-refractivity contribution >= 4 is 13.6 Å². The first-order chi connectivity index (χ1) is 17.0. The molecular weight excluding hydrogens is 467 g/mol. The third-order valence-electron chi connectivity index (χ3n) is 5.76. The van der Waals surface area contributed by atoms with E-state index in [0.717, 1.165) is 5.56 Å². The number of hydrogen-bond acceptors (Lipinski definition) is 3. The zero-order chi connectivity index (χ0) is 26.3. The minimum absolute atomic E-state index is 0.0695. The molecule has 5 nitrogen and oxygen atoms in total. The minimum Gasteiger partial charge on any atom is -0.399 e. The van der Waals surface area contributed by atoms with E-state index in [-0.39, 0.29) is 17.5 Å². The molecule has 192 valence electrons. The molecule has 0 aliphatic heterocycles. The van der Waals surface area contributed by atoms with Crippen molar-refractivity contribution in [1.82, 2.24) is 4.90 Å². The van der Waals surface area contributed by atoms with Gasteiger partial charge in [0.25, 0.3) is 0 Å². The van der Waals surface area contributed by atoms with Gasteiger partial charge in [-0.05, 0) is 68.5 Å². The SMILES string of the molecule is CC(C)N(/C(Cc1ccc(C(C)(C)C)cc1)=N/P(=O)(Oc1ccccc1)Oc1ccccc1)C(C)C. The Hall–Kier alpha value is -3.04. The molecular formula is C30H39N2O3P. The van der Waals surface area contributed by atoms with E-state index in [1.165, 1.54) is 5.56 Å². The zero-order valence-corrected chi connectivity index (χ0v) is 23.4. The van der Waals surface area contributed by atoms with Crippen LogP contribution in [0.5, 0.6) is 11.5 Å². The first-order valence-corrected chi connectivity index (χ1v) is 14.0. The van der Waals surface area contributed by atoms with Crippen LogP contribution in [0.25, 0.3) is 0 Å². The van der Waals surface area contributed by atoms with Gasteiger partial charge in [-0.1, -0.05) is 81.4 Å². The summed E-state index contributed by atoms with van der Waals surface area (Å²) in [5.41, 5.74) is 2.42. The molecule has 3 aromatic rings. The molecule has 0 atom stereocenters. The van der Waals surface area contributed by atoms with Crippen molar-refractivity contribution in [3.05, 3.63) is 96.1 Å². The highest BCUT2D eigenvalue weighted by molar-refractivity contribution is 7.53. The molecule has 6 heteroatoms. The summed E-state index contributed by atoms with van der Waals surface area (Å²) >= 11 is 0. The second-order valence-corrected chi connectivity index (χ2v) is 12.0. The number of rotatable bonds is 9. The van der Waals surface area contributed by atoms with Crippen LogP contribution < -0.4 is 9.05 Å². The van der Waals surface area contributed by atoms with E-state index >= 15 is 0 Å². The fraction of sp³-hybridized carbons (Fsp3) is 0.367. The molecule has 0 aliphatic carbocycles. The van der Waals surface area contributed by atoms with Crippen LogP contribution in [0, 0.1) is 0 Å². The van der Waals surface area contributed by atoms with E-state index in [4.69, 9.17) is 13.8 Å². The van der Waals surface area contributed by atoms with Gasteiger partial charge in [0.1, 0.15) is 17.3 Å². The Morgan fingerprint density at radius 1 is 0.778 bits per heavy atom. The first kappa shape index (κ1) is 27.5. The Bertz CT molecular complexity index is 1110. The summed E-state index contributed by atoms with van der Waals surface area (Å²) in [7, 11) is -3.98. The molecule has 0 saturated heterocycles. The summed E-state index contributed by atoms with van der Waals surface area (Å²) in [5, 5.41) is 0. The lowest BCUT2D eigenvalue weighted by Crippen LogP contribution is -2.43. The van der Waals surface area contributed by atoms with Gasteiger partial charge >= 0.3 is 7.75 Å². The summed E-state index contributed by atoms with van der Waals surface area (Å²) < 4.78 is 30.9. The minimum atomic E-state index is -3.98. The number of hydrogen-bond donors (Lipinski definition) is 0. The van der Waals surface area contributed by atoms with Crippen LogP contribution in [0.2, 0.25) is 0 Å². The third kappa shape index (κ3) is 7.73. The van der Waals surface area contributed by atoms with Gasteiger partial charge in [0.2, 0.25) is 0 Å². The maximum Gasteiger partial charge on any atom is 0.564 e. The molecule has 0 unspecified atom stereocenters. The quantitative estimate of drug-likeness (QED) is 0.166. The van der Waals surface area contributed by atoms with Gasteiger partial charge in [-0.3, -0.25) is 0 Å². The fourth-order valence-electron chi connectivity index (χ4n) is 4.11. The van der Waals surface area contributed by atoms with Gasteiger partial charge in [0.15, 0.2) is 0 Å². The lowest BCUT2D eigenvalue weighted by atomic mass is 9.86. The van der Waals surface area contributed by atoms with Crippen LogP contribution >= 0.6 is 7.75 Å². The maximum absolute atomic E-state index is 14.2. The van der Waals surface area contributed by atoms with Crippen LogP contribution in [0.3, 0.4) is 0 Å². The second kappa shape index (κ2) is 11.8. The molecule has 0 heterocycles. The summed E-state index contributed by atoms with van der Waals surface area (Å²) in [6.07, 6.45) is 0.501. The lowest BCUT2D eigenvalue weighted by molar-refractivity contribution is 0.287. The van der Waals surface area contributed by atoms with Crippen LogP contribution in [0.4, 0.5) is 0 Å². The molecule has 0 aliphatic rings. The highest BCUT2D eigenvalue weighted by Crippen LogP contribution is 2.50. The number of amidine groups is 1. The number of para-hydroxylation sites is 2. The highest BCUT2D eigenvalue weighted by atomic mass is 31.2. The second-order valence-electron chi connectivity index (χ2n) is 10.5. The molecule has 3 aromatic carbocycles. The molecule has 0 N–H and O–H groups in total. The maximum atomic E-state index is 14.2. The van der Waals surface area contributed by atoms with Crippen LogP contribution in [-0.2, 0) is 16.4 Å². The van der Waals surface area contributed by atoms with Crippen molar-refractivity contribution in [3.63, 3.8) is 0 Å². The molecule has 0 radical (unpaired) electrons. The summed E-state index contributed by atoms with van der Waals surface area (Å²) in [5.74, 6) is 1.55. The predicted octanol–water partition coefficient (Wildman–Crippen LogP) is 8.31. The zero-order valence-electron chi connectivity index (χ0n) is 22.5. The van der Waals surface area contributed by atoms with Gasteiger partial charge in [0.05, 0.1) is 0 Å². The Morgan fingerprint density at radius 2 is 1.22 bits per heavy atom. The van der Waals surface area contributed by atoms with E-state index in [0.29, 0.717) is 23.8 Å². The third-order valence-corrected chi connectivity index (χ3v) is 7.12. The molecule has 0 fully saturated rings. The first-order valence-electron chi connectivity index (χ1n) is 12.5. The highest BCUT2D eigenvalue weighted by Gasteiger charge is 2.32. The van der Waals surface area contributed by atoms with E-state index in [1.807, 2.05) is 36.4 Å². The number of nitrogens with zero attached hydrogens (tertiary/aromatic N) is 2. The van der Waals surface area contributed by atoms with Crippen LogP contribution in [-0.4, -0.2) is 22.8 Å². The molecule has 0 bridgehead atoms. The monoisotopic (exact) mass is 506 g/mol. The van der Waals surface area contributed by atoms with Crippen molar-refractivity contribution in [2.45, 2.75) is 72.4 Å². The standard InChI is InChI=1S/C30H39N2O3P/c1-23(2)32(24(3)4)29(22-25-18-20-26(21-19-25)30(5,6)7)31-36(33,34-27-14-10-8-11-15-27)35-28-16-12-9-13-17-28/h8-21,23-24H,22H2,1-7H3/b31-29+. The normalized spacial score (nSPS) is 12.6. The Morgan fingerprint density at radius 3 is 1.61 bits per heavy atom.